The fraction of sp³-hybridized carbons (Fsp3) is 0.208. The average molecular weight is 431 g/mol. The molecule has 4 rings (SSSR count). The molecule has 2 N–H and O–H groups in total. The molecule has 0 radical (unpaired) electrons. The van der Waals surface area contributed by atoms with Crippen LogP contribution in [0.2, 0.25) is 0 Å². The number of methoxy groups -OCH3 is 2. The molecule has 8 nitrogen and oxygen atoms in total. The summed E-state index contributed by atoms with van der Waals surface area (Å²) in [5, 5.41) is 14.5. The Bertz CT molecular complexity index is 1190. The molecular weight excluding hydrogens is 406 g/mol. The Balaban J connectivity index is 1.40. The molecule has 164 valence electrons. The van der Waals surface area contributed by atoms with Crippen molar-refractivity contribution >= 4 is 11.7 Å². The number of rotatable bonds is 8. The van der Waals surface area contributed by atoms with Gasteiger partial charge in [0.25, 0.3) is 5.91 Å². The van der Waals surface area contributed by atoms with E-state index in [1.165, 1.54) is 0 Å². The number of ether oxygens (including phenoxy) is 2. The monoisotopic (exact) mass is 431 g/mol. The molecule has 0 aliphatic carbocycles. The topological polar surface area (TPSA) is 94.1 Å². The van der Waals surface area contributed by atoms with Crippen molar-refractivity contribution in [2.24, 2.45) is 0 Å². The van der Waals surface area contributed by atoms with E-state index in [4.69, 9.17) is 9.47 Å². The molecule has 0 atom stereocenters. The number of H-pyrrole nitrogens is 1. The number of nitrogens with one attached hydrogen (secondary N) is 2. The summed E-state index contributed by atoms with van der Waals surface area (Å²) in [5.41, 5.74) is 4.05. The highest BCUT2D eigenvalue weighted by Crippen LogP contribution is 2.23. The van der Waals surface area contributed by atoms with Gasteiger partial charge in [0, 0.05) is 24.0 Å². The molecule has 2 aromatic carbocycles. The molecule has 32 heavy (non-hydrogen) atoms. The van der Waals surface area contributed by atoms with Crippen molar-refractivity contribution in [3.05, 3.63) is 83.3 Å². The molecule has 2 aromatic heterocycles. The standard InChI is InChI=1S/C24H25N5O3/c1-16-22(15-29(28-16)19-7-5-4-6-8-19)24(30)25-23-13-18(26-27-23)10-9-17-11-20(31-2)14-21(12-17)32-3/h4-8,11-15H,9-10H2,1-3H3,(H2,25,26,27,30). The maximum atomic E-state index is 12.8. The van der Waals surface area contributed by atoms with Crippen LogP contribution in [0.1, 0.15) is 27.3 Å². The van der Waals surface area contributed by atoms with Crippen molar-refractivity contribution in [2.75, 3.05) is 19.5 Å². The maximum absolute atomic E-state index is 12.8. The largest absolute Gasteiger partial charge is 0.497 e. The zero-order valence-corrected chi connectivity index (χ0v) is 18.3. The quantitative estimate of drug-likeness (QED) is 0.440. The van der Waals surface area contributed by atoms with Crippen molar-refractivity contribution in [1.82, 2.24) is 20.0 Å². The number of aryl methyl sites for hydroxylation is 3. The average Bonchev–Trinajstić information content (AvgIpc) is 3.44. The fourth-order valence-corrected chi connectivity index (χ4v) is 3.42. The minimum absolute atomic E-state index is 0.250. The van der Waals surface area contributed by atoms with E-state index >= 15 is 0 Å². The molecule has 8 heteroatoms. The third-order valence-corrected chi connectivity index (χ3v) is 5.13. The third-order valence-electron chi connectivity index (χ3n) is 5.13. The van der Waals surface area contributed by atoms with E-state index in [1.807, 2.05) is 61.5 Å². The zero-order valence-electron chi connectivity index (χ0n) is 18.3. The van der Waals surface area contributed by atoms with Crippen LogP contribution in [0.5, 0.6) is 11.5 Å². The number of amides is 1. The summed E-state index contributed by atoms with van der Waals surface area (Å²) in [6.07, 6.45) is 3.22. The Kier molecular flexibility index (Phi) is 6.21. The number of nitrogens with zero attached hydrogens (tertiary/aromatic N) is 3. The number of hydrogen-bond donors (Lipinski definition) is 2. The van der Waals surface area contributed by atoms with Crippen molar-refractivity contribution in [3.63, 3.8) is 0 Å². The lowest BCUT2D eigenvalue weighted by molar-refractivity contribution is 0.102. The number of aromatic nitrogens is 4. The minimum Gasteiger partial charge on any atom is -0.497 e. The van der Waals surface area contributed by atoms with Crippen molar-refractivity contribution in [3.8, 4) is 17.2 Å². The zero-order chi connectivity index (χ0) is 22.5. The van der Waals surface area contributed by atoms with Crippen LogP contribution in [0.4, 0.5) is 5.82 Å². The summed E-state index contributed by atoms with van der Waals surface area (Å²) >= 11 is 0. The van der Waals surface area contributed by atoms with E-state index < -0.39 is 0 Å². The van der Waals surface area contributed by atoms with Gasteiger partial charge in [0.05, 0.1) is 31.2 Å². The summed E-state index contributed by atoms with van der Waals surface area (Å²) in [4.78, 5) is 12.8. The normalized spacial score (nSPS) is 10.7. The predicted molar refractivity (Wildman–Crippen MR) is 122 cm³/mol. The van der Waals surface area contributed by atoms with Gasteiger partial charge in [-0.1, -0.05) is 18.2 Å². The van der Waals surface area contributed by atoms with Gasteiger partial charge in [0.15, 0.2) is 5.82 Å². The van der Waals surface area contributed by atoms with Crippen LogP contribution in [0, 0.1) is 6.92 Å². The highest BCUT2D eigenvalue weighted by atomic mass is 16.5. The Hall–Kier alpha value is -4.07. The Morgan fingerprint density at radius 1 is 1.03 bits per heavy atom. The van der Waals surface area contributed by atoms with Gasteiger partial charge in [-0.2, -0.15) is 10.2 Å². The summed E-state index contributed by atoms with van der Waals surface area (Å²) in [6, 6.07) is 17.3. The smallest absolute Gasteiger partial charge is 0.260 e. The lowest BCUT2D eigenvalue weighted by Crippen LogP contribution is -2.12. The first-order chi connectivity index (χ1) is 15.6. The molecular formula is C24H25N5O3. The molecule has 0 spiro atoms. The molecule has 2 heterocycles. The van der Waals surface area contributed by atoms with Crippen LogP contribution in [0.15, 0.2) is 60.8 Å². The molecule has 0 unspecified atom stereocenters. The van der Waals surface area contributed by atoms with Gasteiger partial charge < -0.3 is 14.8 Å². The van der Waals surface area contributed by atoms with E-state index in [0.29, 0.717) is 17.1 Å². The van der Waals surface area contributed by atoms with Crippen LogP contribution in [-0.2, 0) is 12.8 Å². The first-order valence-electron chi connectivity index (χ1n) is 10.2. The fourth-order valence-electron chi connectivity index (χ4n) is 3.42. The molecule has 0 bridgehead atoms. The molecule has 1 amide bonds. The number of benzene rings is 2. The van der Waals surface area contributed by atoms with Gasteiger partial charge in [0.1, 0.15) is 11.5 Å². The molecule has 4 aromatic rings. The van der Waals surface area contributed by atoms with Gasteiger partial charge in [-0.3, -0.25) is 9.89 Å². The predicted octanol–water partition coefficient (Wildman–Crippen LogP) is 3.96. The SMILES string of the molecule is COc1cc(CCc2cc(NC(=O)c3cn(-c4ccccc4)nc3C)n[nH]2)cc(OC)c1. The van der Waals surface area contributed by atoms with Crippen molar-refractivity contribution in [2.45, 2.75) is 19.8 Å². The maximum Gasteiger partial charge on any atom is 0.260 e. The number of carbonyl (C=O) groups excluding carboxylic acids is 1. The first kappa shape index (κ1) is 21.2. The van der Waals surface area contributed by atoms with Crippen LogP contribution in [-0.4, -0.2) is 40.1 Å². The van der Waals surface area contributed by atoms with Crippen molar-refractivity contribution in [1.29, 1.82) is 0 Å². The van der Waals surface area contributed by atoms with Gasteiger partial charge in [-0.05, 0) is 49.6 Å². The number of hydrogen-bond acceptors (Lipinski definition) is 5. The van der Waals surface area contributed by atoms with Crippen molar-refractivity contribution < 1.29 is 14.3 Å². The molecule has 0 saturated heterocycles. The molecule has 0 aliphatic heterocycles. The number of carbonyl (C=O) groups is 1. The number of anilines is 1. The van der Waals surface area contributed by atoms with Gasteiger partial charge in [0.2, 0.25) is 0 Å². The second kappa shape index (κ2) is 9.38. The number of aromatic amines is 1. The summed E-state index contributed by atoms with van der Waals surface area (Å²) < 4.78 is 12.3. The molecule has 0 fully saturated rings. The van der Waals surface area contributed by atoms with Crippen LogP contribution in [0.3, 0.4) is 0 Å². The van der Waals surface area contributed by atoms with E-state index in [-0.39, 0.29) is 5.91 Å². The second-order valence-electron chi connectivity index (χ2n) is 7.36. The summed E-state index contributed by atoms with van der Waals surface area (Å²) in [7, 11) is 3.27. The lowest BCUT2D eigenvalue weighted by Gasteiger charge is -2.08. The summed E-state index contributed by atoms with van der Waals surface area (Å²) in [6.45, 7) is 1.81. The van der Waals surface area contributed by atoms with E-state index in [1.54, 1.807) is 25.1 Å². The van der Waals surface area contributed by atoms with E-state index in [2.05, 4.69) is 20.6 Å². The molecule has 0 aliphatic rings. The Morgan fingerprint density at radius 3 is 2.44 bits per heavy atom. The second-order valence-corrected chi connectivity index (χ2v) is 7.36. The highest BCUT2D eigenvalue weighted by Gasteiger charge is 2.16. The lowest BCUT2D eigenvalue weighted by atomic mass is 10.1. The van der Waals surface area contributed by atoms with Gasteiger partial charge in [-0.15, -0.1) is 0 Å². The van der Waals surface area contributed by atoms with Crippen LogP contribution >= 0.6 is 0 Å². The van der Waals surface area contributed by atoms with E-state index in [0.717, 1.165) is 41.3 Å². The van der Waals surface area contributed by atoms with Crippen LogP contribution < -0.4 is 14.8 Å². The van der Waals surface area contributed by atoms with Gasteiger partial charge in [-0.25, -0.2) is 4.68 Å². The third kappa shape index (κ3) is 4.80. The molecule has 0 saturated carbocycles. The van der Waals surface area contributed by atoms with Gasteiger partial charge >= 0.3 is 0 Å². The number of para-hydroxylation sites is 1. The Labute approximate surface area is 186 Å². The minimum atomic E-state index is -0.250. The highest BCUT2D eigenvalue weighted by molar-refractivity contribution is 6.04. The van der Waals surface area contributed by atoms with E-state index in [9.17, 15) is 4.79 Å². The Morgan fingerprint density at radius 2 is 1.75 bits per heavy atom. The summed E-state index contributed by atoms with van der Waals surface area (Å²) in [5.74, 6) is 1.73. The van der Waals surface area contributed by atoms with Crippen LogP contribution in [0.25, 0.3) is 5.69 Å². The first-order valence-corrected chi connectivity index (χ1v) is 10.2.